The summed E-state index contributed by atoms with van der Waals surface area (Å²) in [6.07, 6.45) is 7.59. The highest BCUT2D eigenvalue weighted by atomic mass is 32.1. The summed E-state index contributed by atoms with van der Waals surface area (Å²) in [5.74, 6) is 0.812. The van der Waals surface area contributed by atoms with Crippen LogP contribution in [-0.2, 0) is 4.79 Å². The van der Waals surface area contributed by atoms with Crippen LogP contribution in [0.5, 0.6) is 0 Å². The van der Waals surface area contributed by atoms with E-state index in [4.69, 9.17) is 5.73 Å². The van der Waals surface area contributed by atoms with Gasteiger partial charge >= 0.3 is 0 Å². The van der Waals surface area contributed by atoms with Crippen molar-refractivity contribution < 1.29 is 4.79 Å². The highest BCUT2D eigenvalue weighted by Crippen LogP contribution is 2.06. The molecule has 0 saturated heterocycles. The summed E-state index contributed by atoms with van der Waals surface area (Å²) in [6.45, 7) is 0. The normalized spacial score (nSPS) is 10.1. The largest absolute Gasteiger partial charge is 0.370 e. The summed E-state index contributed by atoms with van der Waals surface area (Å²) in [7, 11) is 0. The molecule has 0 aliphatic rings. The molecule has 0 bridgehead atoms. The SMILES string of the molecule is NC(=O)CCCCCCCCS. The number of nitrogens with two attached hydrogens (primary N) is 1. The average molecular weight is 189 g/mol. The van der Waals surface area contributed by atoms with E-state index in [0.717, 1.165) is 18.6 Å². The van der Waals surface area contributed by atoms with Crippen LogP contribution in [0, 0.1) is 0 Å². The minimum Gasteiger partial charge on any atom is -0.370 e. The Morgan fingerprint density at radius 1 is 1.00 bits per heavy atom. The fraction of sp³-hybridized carbons (Fsp3) is 0.889. The Labute approximate surface area is 80.3 Å². The second kappa shape index (κ2) is 8.91. The van der Waals surface area contributed by atoms with Gasteiger partial charge in [-0.1, -0.05) is 25.7 Å². The Kier molecular flexibility index (Phi) is 8.78. The van der Waals surface area contributed by atoms with Gasteiger partial charge in [-0.25, -0.2) is 0 Å². The summed E-state index contributed by atoms with van der Waals surface area (Å²) in [5, 5.41) is 0. The van der Waals surface area contributed by atoms with Gasteiger partial charge in [0.25, 0.3) is 0 Å². The zero-order valence-electron chi connectivity index (χ0n) is 7.59. The first-order valence-electron chi connectivity index (χ1n) is 4.66. The Morgan fingerprint density at radius 2 is 1.50 bits per heavy atom. The molecule has 2 N–H and O–H groups in total. The van der Waals surface area contributed by atoms with Crippen molar-refractivity contribution >= 4 is 18.5 Å². The molecule has 12 heavy (non-hydrogen) atoms. The maximum atomic E-state index is 10.3. The molecule has 0 unspecified atom stereocenters. The molecule has 0 aliphatic carbocycles. The molecule has 0 heterocycles. The molecule has 0 aromatic heterocycles. The van der Waals surface area contributed by atoms with Crippen molar-refractivity contribution in [2.24, 2.45) is 5.73 Å². The zero-order chi connectivity index (χ0) is 9.23. The van der Waals surface area contributed by atoms with Crippen LogP contribution in [0.3, 0.4) is 0 Å². The van der Waals surface area contributed by atoms with Crippen LogP contribution in [-0.4, -0.2) is 11.7 Å². The minimum atomic E-state index is -0.176. The number of amides is 1. The van der Waals surface area contributed by atoms with Gasteiger partial charge in [0.05, 0.1) is 0 Å². The topological polar surface area (TPSA) is 43.1 Å². The maximum Gasteiger partial charge on any atom is 0.217 e. The third-order valence-electron chi connectivity index (χ3n) is 1.83. The number of thiol groups is 1. The smallest absolute Gasteiger partial charge is 0.217 e. The Morgan fingerprint density at radius 3 is 2.00 bits per heavy atom. The van der Waals surface area contributed by atoms with Gasteiger partial charge in [0, 0.05) is 6.42 Å². The quantitative estimate of drug-likeness (QED) is 0.446. The molecule has 72 valence electrons. The van der Waals surface area contributed by atoms with Crippen molar-refractivity contribution in [1.29, 1.82) is 0 Å². The Balaban J connectivity index is 2.86. The number of hydrogen-bond donors (Lipinski definition) is 2. The fourth-order valence-corrected chi connectivity index (χ4v) is 1.34. The molecule has 1 amide bonds. The molecular formula is C9H19NOS. The Bertz CT molecular complexity index is 117. The molecule has 0 rings (SSSR count). The van der Waals surface area contributed by atoms with Crippen LogP contribution in [0.25, 0.3) is 0 Å². The molecule has 2 nitrogen and oxygen atoms in total. The van der Waals surface area contributed by atoms with Crippen LogP contribution in [0.1, 0.15) is 44.9 Å². The number of hydrogen-bond acceptors (Lipinski definition) is 2. The molecule has 0 aromatic carbocycles. The van der Waals surface area contributed by atoms with Gasteiger partial charge in [0.15, 0.2) is 0 Å². The summed E-state index contributed by atoms with van der Waals surface area (Å²) >= 11 is 4.13. The zero-order valence-corrected chi connectivity index (χ0v) is 8.48. The number of primary amides is 1. The van der Waals surface area contributed by atoms with E-state index >= 15 is 0 Å². The van der Waals surface area contributed by atoms with Crippen LogP contribution in [0.4, 0.5) is 0 Å². The van der Waals surface area contributed by atoms with Gasteiger partial charge in [-0.15, -0.1) is 0 Å². The predicted octanol–water partition coefficient (Wildman–Crippen LogP) is 2.13. The molecule has 0 aromatic rings. The third-order valence-corrected chi connectivity index (χ3v) is 2.15. The molecule has 3 heteroatoms. The van der Waals surface area contributed by atoms with E-state index in [-0.39, 0.29) is 5.91 Å². The molecule has 0 radical (unpaired) electrons. The predicted molar refractivity (Wildman–Crippen MR) is 55.4 cm³/mol. The van der Waals surface area contributed by atoms with Gasteiger partial charge in [0.2, 0.25) is 5.91 Å². The number of carbonyl (C=O) groups excluding carboxylic acids is 1. The Hall–Kier alpha value is -0.180. The van der Waals surface area contributed by atoms with Crippen molar-refractivity contribution in [3.63, 3.8) is 0 Å². The second-order valence-electron chi connectivity index (χ2n) is 3.06. The van der Waals surface area contributed by atoms with Gasteiger partial charge in [0.1, 0.15) is 0 Å². The van der Waals surface area contributed by atoms with Crippen molar-refractivity contribution in [3.05, 3.63) is 0 Å². The van der Waals surface area contributed by atoms with Crippen molar-refractivity contribution in [3.8, 4) is 0 Å². The monoisotopic (exact) mass is 189 g/mol. The van der Waals surface area contributed by atoms with E-state index in [2.05, 4.69) is 12.6 Å². The lowest BCUT2D eigenvalue weighted by Crippen LogP contribution is -2.09. The summed E-state index contributed by atoms with van der Waals surface area (Å²) in [5.41, 5.74) is 5.01. The van der Waals surface area contributed by atoms with E-state index < -0.39 is 0 Å². The molecule has 0 spiro atoms. The maximum absolute atomic E-state index is 10.3. The van der Waals surface area contributed by atoms with Crippen LogP contribution in [0.2, 0.25) is 0 Å². The first kappa shape index (κ1) is 11.8. The lowest BCUT2D eigenvalue weighted by molar-refractivity contribution is -0.118. The van der Waals surface area contributed by atoms with Crippen LogP contribution in [0.15, 0.2) is 0 Å². The van der Waals surface area contributed by atoms with Gasteiger partial charge in [-0.2, -0.15) is 12.6 Å². The molecule has 0 fully saturated rings. The van der Waals surface area contributed by atoms with E-state index in [9.17, 15) is 4.79 Å². The van der Waals surface area contributed by atoms with Crippen LogP contribution < -0.4 is 5.73 Å². The molecule has 0 atom stereocenters. The van der Waals surface area contributed by atoms with E-state index in [1.54, 1.807) is 0 Å². The van der Waals surface area contributed by atoms with Crippen molar-refractivity contribution in [2.75, 3.05) is 5.75 Å². The summed E-state index contributed by atoms with van der Waals surface area (Å²) in [6, 6.07) is 0. The molecular weight excluding hydrogens is 170 g/mol. The first-order chi connectivity index (χ1) is 5.77. The third kappa shape index (κ3) is 9.82. The van der Waals surface area contributed by atoms with Crippen molar-refractivity contribution in [2.45, 2.75) is 44.9 Å². The lowest BCUT2D eigenvalue weighted by Gasteiger charge is -1.98. The average Bonchev–Trinajstić information content (AvgIpc) is 2.02. The number of rotatable bonds is 8. The second-order valence-corrected chi connectivity index (χ2v) is 3.51. The first-order valence-corrected chi connectivity index (χ1v) is 5.30. The van der Waals surface area contributed by atoms with Crippen LogP contribution >= 0.6 is 12.6 Å². The van der Waals surface area contributed by atoms with Crippen molar-refractivity contribution in [1.82, 2.24) is 0 Å². The summed E-state index contributed by atoms with van der Waals surface area (Å²) in [4.78, 5) is 10.3. The standard InChI is InChI=1S/C9H19NOS/c10-9(11)7-5-3-1-2-4-6-8-12/h12H,1-8H2,(H2,10,11). The number of unbranched alkanes of at least 4 members (excludes halogenated alkanes) is 5. The van der Waals surface area contributed by atoms with E-state index in [1.807, 2.05) is 0 Å². The molecule has 0 saturated carbocycles. The van der Waals surface area contributed by atoms with Gasteiger partial charge in [-0.05, 0) is 18.6 Å². The minimum absolute atomic E-state index is 0.176. The highest BCUT2D eigenvalue weighted by molar-refractivity contribution is 7.80. The van der Waals surface area contributed by atoms with Gasteiger partial charge < -0.3 is 5.73 Å². The number of carbonyl (C=O) groups is 1. The lowest BCUT2D eigenvalue weighted by atomic mass is 10.1. The van der Waals surface area contributed by atoms with E-state index in [0.29, 0.717) is 6.42 Å². The van der Waals surface area contributed by atoms with E-state index in [1.165, 1.54) is 25.7 Å². The summed E-state index contributed by atoms with van der Waals surface area (Å²) < 4.78 is 0. The molecule has 0 aliphatic heterocycles. The van der Waals surface area contributed by atoms with Gasteiger partial charge in [-0.3, -0.25) is 4.79 Å². The highest BCUT2D eigenvalue weighted by Gasteiger charge is 1.94. The fourth-order valence-electron chi connectivity index (χ4n) is 1.12.